The molecule has 5 nitrogen and oxygen atoms in total. The Labute approximate surface area is 129 Å². The van der Waals surface area contributed by atoms with Crippen LogP contribution in [-0.4, -0.2) is 37.3 Å². The van der Waals surface area contributed by atoms with Gasteiger partial charge in [0.05, 0.1) is 12.1 Å². The van der Waals surface area contributed by atoms with Gasteiger partial charge in [0.1, 0.15) is 11.3 Å². The highest BCUT2D eigenvalue weighted by atomic mass is 35.5. The molecule has 0 bridgehead atoms. The van der Waals surface area contributed by atoms with Crippen molar-refractivity contribution in [1.29, 1.82) is 0 Å². The Morgan fingerprint density at radius 3 is 2.95 bits per heavy atom. The van der Waals surface area contributed by atoms with Gasteiger partial charge in [-0.15, -0.1) is 0 Å². The lowest BCUT2D eigenvalue weighted by molar-refractivity contribution is 0.0944. The number of carbonyl (C=O) groups excluding carboxylic acids is 1. The van der Waals surface area contributed by atoms with Crippen LogP contribution in [0, 0.1) is 0 Å². The average molecular weight is 313 g/mol. The summed E-state index contributed by atoms with van der Waals surface area (Å²) >= 11 is 6.13. The number of aryl methyl sites for hydroxylation is 1. The van der Waals surface area contributed by atoms with Crippen LogP contribution in [0.4, 0.5) is 0 Å². The number of nitrogens with one attached hydrogen (secondary N) is 2. The number of carbonyl (C=O) groups is 1. The van der Waals surface area contributed by atoms with E-state index in [1.54, 1.807) is 6.07 Å². The van der Waals surface area contributed by atoms with Crippen LogP contribution < -0.4 is 15.4 Å². The predicted molar refractivity (Wildman–Crippen MR) is 82.4 cm³/mol. The van der Waals surface area contributed by atoms with Gasteiger partial charge in [-0.1, -0.05) is 18.5 Å². The first kappa shape index (κ1) is 15.9. The molecule has 0 spiro atoms. The van der Waals surface area contributed by atoms with Crippen LogP contribution in [0.2, 0.25) is 5.02 Å². The zero-order valence-electron chi connectivity index (χ0n) is 12.3. The molecule has 1 atom stereocenters. The van der Waals surface area contributed by atoms with E-state index >= 15 is 0 Å². The molecule has 1 aliphatic heterocycles. The smallest absolute Gasteiger partial charge is 0.258 e. The number of halogens is 1. The summed E-state index contributed by atoms with van der Waals surface area (Å²) in [5.74, 6) is -0.214. The highest BCUT2D eigenvalue weighted by Gasteiger charge is 2.24. The summed E-state index contributed by atoms with van der Waals surface area (Å²) in [4.78, 5) is 12.4. The van der Waals surface area contributed by atoms with Gasteiger partial charge in [-0.3, -0.25) is 4.79 Å². The van der Waals surface area contributed by atoms with Gasteiger partial charge in [-0.2, -0.15) is 0 Å². The minimum atomic E-state index is -0.366. The number of methoxy groups -OCH3 is 1. The molecule has 1 fully saturated rings. The Kier molecular flexibility index (Phi) is 5.31. The van der Waals surface area contributed by atoms with Crippen LogP contribution >= 0.6 is 11.6 Å². The van der Waals surface area contributed by atoms with Crippen LogP contribution in [0.15, 0.2) is 6.07 Å². The molecule has 116 valence electrons. The van der Waals surface area contributed by atoms with Crippen molar-refractivity contribution in [1.82, 2.24) is 10.6 Å². The van der Waals surface area contributed by atoms with Gasteiger partial charge >= 0.3 is 0 Å². The van der Waals surface area contributed by atoms with Crippen molar-refractivity contribution in [2.45, 2.75) is 32.2 Å². The number of aromatic hydroxyl groups is 1. The predicted octanol–water partition coefficient (Wildman–Crippen LogP) is 2.10. The number of phenolic OH excluding ortho intramolecular Hbond substituents is 1. The molecule has 0 saturated carbocycles. The number of rotatable bonds is 5. The van der Waals surface area contributed by atoms with E-state index in [0.717, 1.165) is 19.4 Å². The van der Waals surface area contributed by atoms with Gasteiger partial charge in [0.15, 0.2) is 5.75 Å². The molecule has 21 heavy (non-hydrogen) atoms. The van der Waals surface area contributed by atoms with Crippen molar-refractivity contribution >= 4 is 17.5 Å². The van der Waals surface area contributed by atoms with E-state index in [1.807, 2.05) is 6.92 Å². The van der Waals surface area contributed by atoms with E-state index in [0.29, 0.717) is 23.6 Å². The molecule has 0 unspecified atom stereocenters. The second-order valence-electron chi connectivity index (χ2n) is 5.13. The van der Waals surface area contributed by atoms with E-state index < -0.39 is 0 Å². The second kappa shape index (κ2) is 7.00. The molecule has 1 aromatic rings. The van der Waals surface area contributed by atoms with Crippen molar-refractivity contribution in [2.75, 3.05) is 20.2 Å². The molecule has 1 saturated heterocycles. The van der Waals surface area contributed by atoms with Crippen LogP contribution in [0.1, 0.15) is 35.7 Å². The fourth-order valence-electron chi connectivity index (χ4n) is 2.59. The molecule has 6 heteroatoms. The Bertz CT molecular complexity index is 528. The third kappa shape index (κ3) is 3.41. The van der Waals surface area contributed by atoms with Crippen molar-refractivity contribution < 1.29 is 14.6 Å². The van der Waals surface area contributed by atoms with Crippen LogP contribution in [0.3, 0.4) is 0 Å². The van der Waals surface area contributed by atoms with E-state index in [4.69, 9.17) is 16.3 Å². The third-order valence-electron chi connectivity index (χ3n) is 3.77. The summed E-state index contributed by atoms with van der Waals surface area (Å²) < 4.78 is 5.18. The van der Waals surface area contributed by atoms with E-state index in [-0.39, 0.29) is 29.0 Å². The maximum Gasteiger partial charge on any atom is 0.258 e. The molecular weight excluding hydrogens is 292 g/mol. The maximum absolute atomic E-state index is 12.4. The lowest BCUT2D eigenvalue weighted by Gasteiger charge is -2.16. The minimum Gasteiger partial charge on any atom is -0.507 e. The monoisotopic (exact) mass is 312 g/mol. The van der Waals surface area contributed by atoms with Crippen LogP contribution in [-0.2, 0) is 6.42 Å². The molecule has 1 aromatic carbocycles. The minimum absolute atomic E-state index is 0.0596. The molecule has 2 rings (SSSR count). The Morgan fingerprint density at radius 1 is 1.62 bits per heavy atom. The lowest BCUT2D eigenvalue weighted by atomic mass is 10.0. The second-order valence-corrected chi connectivity index (χ2v) is 5.54. The molecule has 1 amide bonds. The fraction of sp³-hybridized carbons (Fsp3) is 0.533. The summed E-state index contributed by atoms with van der Waals surface area (Å²) in [6.45, 7) is 3.39. The number of hydrogen-bond acceptors (Lipinski definition) is 4. The fourth-order valence-corrected chi connectivity index (χ4v) is 2.89. The first-order valence-electron chi connectivity index (χ1n) is 7.18. The van der Waals surface area contributed by atoms with E-state index in [2.05, 4.69) is 10.6 Å². The zero-order valence-corrected chi connectivity index (χ0v) is 13.1. The van der Waals surface area contributed by atoms with Crippen molar-refractivity contribution in [2.24, 2.45) is 0 Å². The van der Waals surface area contributed by atoms with E-state index in [9.17, 15) is 9.90 Å². The quantitative estimate of drug-likeness (QED) is 0.778. The number of hydrogen-bond donors (Lipinski definition) is 3. The highest BCUT2D eigenvalue weighted by molar-refractivity contribution is 6.33. The van der Waals surface area contributed by atoms with Crippen molar-refractivity contribution in [3.8, 4) is 11.5 Å². The first-order chi connectivity index (χ1) is 10.1. The molecule has 0 radical (unpaired) electrons. The van der Waals surface area contributed by atoms with Gasteiger partial charge < -0.3 is 20.5 Å². The largest absolute Gasteiger partial charge is 0.507 e. The SMILES string of the molecule is CCc1cc(Cl)c(OC)c(C(=O)NC[C@@H]2CCCN2)c1O. The standard InChI is InChI=1S/C15H21ClN2O3/c1-3-9-7-11(16)14(21-2)12(13(9)19)15(20)18-8-10-5-4-6-17-10/h7,10,17,19H,3-6,8H2,1-2H3,(H,18,20)/t10-/m0/s1. The van der Waals surface area contributed by atoms with Crippen molar-refractivity contribution in [3.63, 3.8) is 0 Å². The molecule has 1 heterocycles. The summed E-state index contributed by atoms with van der Waals surface area (Å²) in [7, 11) is 1.43. The van der Waals surface area contributed by atoms with Gasteiger partial charge in [0, 0.05) is 12.6 Å². The first-order valence-corrected chi connectivity index (χ1v) is 7.56. The summed E-state index contributed by atoms with van der Waals surface area (Å²) in [5, 5.41) is 16.7. The Balaban J connectivity index is 2.23. The molecular formula is C15H21ClN2O3. The molecule has 0 aliphatic carbocycles. The van der Waals surface area contributed by atoms with Crippen LogP contribution in [0.25, 0.3) is 0 Å². The Hall–Kier alpha value is -1.46. The summed E-state index contributed by atoms with van der Waals surface area (Å²) in [5.41, 5.74) is 0.741. The average Bonchev–Trinajstić information content (AvgIpc) is 2.99. The van der Waals surface area contributed by atoms with Gasteiger partial charge in [-0.05, 0) is 37.4 Å². The number of amides is 1. The van der Waals surface area contributed by atoms with Gasteiger partial charge in [-0.25, -0.2) is 0 Å². The topological polar surface area (TPSA) is 70.6 Å². The number of ether oxygens (including phenoxy) is 1. The van der Waals surface area contributed by atoms with E-state index in [1.165, 1.54) is 7.11 Å². The maximum atomic E-state index is 12.4. The van der Waals surface area contributed by atoms with Gasteiger partial charge in [0.2, 0.25) is 0 Å². The molecule has 3 N–H and O–H groups in total. The van der Waals surface area contributed by atoms with Crippen molar-refractivity contribution in [3.05, 3.63) is 22.2 Å². The number of phenols is 1. The van der Waals surface area contributed by atoms with Gasteiger partial charge in [0.25, 0.3) is 5.91 Å². The third-order valence-corrected chi connectivity index (χ3v) is 4.05. The summed E-state index contributed by atoms with van der Waals surface area (Å²) in [6.07, 6.45) is 2.74. The molecule has 1 aliphatic rings. The normalized spacial score (nSPS) is 17.8. The van der Waals surface area contributed by atoms with Crippen LogP contribution in [0.5, 0.6) is 11.5 Å². The number of benzene rings is 1. The zero-order chi connectivity index (χ0) is 15.4. The lowest BCUT2D eigenvalue weighted by Crippen LogP contribution is -2.37. The molecule has 0 aromatic heterocycles. The summed E-state index contributed by atoms with van der Waals surface area (Å²) in [6, 6.07) is 1.91. The highest BCUT2D eigenvalue weighted by Crippen LogP contribution is 2.38. The Morgan fingerprint density at radius 2 is 2.38 bits per heavy atom.